The second-order valence-corrected chi connectivity index (χ2v) is 5.11. The number of aryl methyl sites for hydroxylation is 1. The Morgan fingerprint density at radius 1 is 1.50 bits per heavy atom. The normalized spacial score (nSPS) is 16.9. The topological polar surface area (TPSA) is 46.5 Å². The lowest BCUT2D eigenvalue weighted by molar-refractivity contribution is -0.140. The van der Waals surface area contributed by atoms with E-state index >= 15 is 0 Å². The Balaban J connectivity index is 2.60. The molecule has 86 valence electrons. The van der Waals surface area contributed by atoms with E-state index in [0.29, 0.717) is 18.6 Å². The number of methoxy groups -OCH3 is 1. The number of halogens is 1. The molecule has 1 N–H and O–H groups in total. The van der Waals surface area contributed by atoms with Crippen LogP contribution in [0.5, 0.6) is 5.75 Å². The number of carbonyl (C=O) groups is 1. The first-order chi connectivity index (χ1) is 7.51. The fraction of sp³-hybridized carbons (Fsp3) is 0.417. The van der Waals surface area contributed by atoms with Gasteiger partial charge in [0.15, 0.2) is 0 Å². The highest BCUT2D eigenvalue weighted by Gasteiger charge is 2.53. The van der Waals surface area contributed by atoms with Gasteiger partial charge in [0.2, 0.25) is 0 Å². The zero-order chi connectivity index (χ0) is 11.9. The third kappa shape index (κ3) is 1.61. The fourth-order valence-corrected chi connectivity index (χ4v) is 2.65. The van der Waals surface area contributed by atoms with Crippen LogP contribution >= 0.6 is 15.9 Å². The Hall–Kier alpha value is -1.03. The maximum absolute atomic E-state index is 11.3. The average molecular weight is 285 g/mol. The second-order valence-electron chi connectivity index (χ2n) is 4.19. The van der Waals surface area contributed by atoms with Gasteiger partial charge in [-0.1, -0.05) is 15.9 Å². The largest absolute Gasteiger partial charge is 0.496 e. The first kappa shape index (κ1) is 11.5. The smallest absolute Gasteiger partial charge is 0.314 e. The van der Waals surface area contributed by atoms with Gasteiger partial charge in [0.1, 0.15) is 5.75 Å². The summed E-state index contributed by atoms with van der Waals surface area (Å²) in [6.45, 7) is 1.92. The van der Waals surface area contributed by atoms with E-state index in [1.807, 2.05) is 19.1 Å². The molecule has 0 saturated heterocycles. The van der Waals surface area contributed by atoms with Gasteiger partial charge >= 0.3 is 5.97 Å². The lowest BCUT2D eigenvalue weighted by atomic mass is 9.93. The number of aliphatic carboxylic acids is 1. The zero-order valence-corrected chi connectivity index (χ0v) is 10.8. The van der Waals surface area contributed by atoms with Gasteiger partial charge in [0.25, 0.3) is 0 Å². The highest BCUT2D eigenvalue weighted by molar-refractivity contribution is 9.10. The summed E-state index contributed by atoms with van der Waals surface area (Å²) in [7, 11) is 1.58. The monoisotopic (exact) mass is 284 g/mol. The van der Waals surface area contributed by atoms with Crippen LogP contribution in [0.2, 0.25) is 0 Å². The van der Waals surface area contributed by atoms with Gasteiger partial charge in [-0.2, -0.15) is 0 Å². The summed E-state index contributed by atoms with van der Waals surface area (Å²) < 4.78 is 6.22. The van der Waals surface area contributed by atoms with E-state index in [1.165, 1.54) is 0 Å². The lowest BCUT2D eigenvalue weighted by Crippen LogP contribution is -2.20. The van der Waals surface area contributed by atoms with Crippen molar-refractivity contribution in [2.75, 3.05) is 7.11 Å². The van der Waals surface area contributed by atoms with Crippen molar-refractivity contribution in [2.45, 2.75) is 25.2 Å². The van der Waals surface area contributed by atoms with Crippen LogP contribution in [-0.4, -0.2) is 18.2 Å². The lowest BCUT2D eigenvalue weighted by Gasteiger charge is -2.17. The minimum Gasteiger partial charge on any atom is -0.496 e. The number of hydrogen-bond donors (Lipinski definition) is 1. The van der Waals surface area contributed by atoms with E-state index in [-0.39, 0.29) is 0 Å². The number of hydrogen-bond acceptors (Lipinski definition) is 2. The van der Waals surface area contributed by atoms with Gasteiger partial charge in [0.05, 0.1) is 12.5 Å². The molecule has 4 heteroatoms. The Kier molecular flexibility index (Phi) is 2.70. The molecule has 0 radical (unpaired) electrons. The molecule has 0 spiro atoms. The Morgan fingerprint density at radius 2 is 2.12 bits per heavy atom. The molecule has 1 aromatic carbocycles. The third-order valence-corrected chi connectivity index (χ3v) is 3.58. The van der Waals surface area contributed by atoms with Gasteiger partial charge in [-0.05, 0) is 37.5 Å². The molecule has 1 aliphatic rings. The molecule has 2 rings (SSSR count). The summed E-state index contributed by atoms with van der Waals surface area (Å²) in [5, 5.41) is 9.29. The molecular weight excluding hydrogens is 272 g/mol. The zero-order valence-electron chi connectivity index (χ0n) is 9.21. The summed E-state index contributed by atoms with van der Waals surface area (Å²) in [5.41, 5.74) is 1.02. The Labute approximate surface area is 103 Å². The van der Waals surface area contributed by atoms with Crippen molar-refractivity contribution >= 4 is 21.9 Å². The summed E-state index contributed by atoms with van der Waals surface area (Å²) in [4.78, 5) is 11.3. The molecule has 1 fully saturated rings. The van der Waals surface area contributed by atoms with E-state index in [2.05, 4.69) is 15.9 Å². The van der Waals surface area contributed by atoms with Gasteiger partial charge < -0.3 is 9.84 Å². The summed E-state index contributed by atoms with van der Waals surface area (Å²) in [5.74, 6) is -0.0635. The van der Waals surface area contributed by atoms with Crippen LogP contribution in [0.4, 0.5) is 0 Å². The minimum atomic E-state index is -0.761. The van der Waals surface area contributed by atoms with Crippen LogP contribution in [-0.2, 0) is 10.2 Å². The fourth-order valence-electron chi connectivity index (χ4n) is 2.08. The molecule has 0 aliphatic heterocycles. The van der Waals surface area contributed by atoms with E-state index in [1.54, 1.807) is 7.11 Å². The molecule has 0 heterocycles. The van der Waals surface area contributed by atoms with Crippen molar-refractivity contribution in [3.05, 3.63) is 27.7 Å². The number of carboxylic acid groups (broad SMARTS) is 1. The SMILES string of the molecule is COc1c(C)cc(Br)cc1C1(C(=O)O)CC1. The maximum Gasteiger partial charge on any atom is 0.314 e. The van der Waals surface area contributed by atoms with Crippen molar-refractivity contribution in [1.82, 2.24) is 0 Å². The van der Waals surface area contributed by atoms with E-state index in [0.717, 1.165) is 15.6 Å². The molecule has 1 saturated carbocycles. The van der Waals surface area contributed by atoms with Crippen LogP contribution in [0.25, 0.3) is 0 Å². The number of carboxylic acids is 1. The standard InChI is InChI=1S/C12H13BrO3/c1-7-5-8(13)6-9(10(7)16-2)12(3-4-12)11(14)15/h5-6H,3-4H2,1-2H3,(H,14,15). The van der Waals surface area contributed by atoms with E-state index in [9.17, 15) is 9.90 Å². The Morgan fingerprint density at radius 3 is 2.56 bits per heavy atom. The van der Waals surface area contributed by atoms with Crippen LogP contribution in [0.3, 0.4) is 0 Å². The molecule has 0 aromatic heterocycles. The molecule has 3 nitrogen and oxygen atoms in total. The highest BCUT2D eigenvalue weighted by atomic mass is 79.9. The highest BCUT2D eigenvalue weighted by Crippen LogP contribution is 2.52. The number of ether oxygens (including phenoxy) is 1. The molecule has 16 heavy (non-hydrogen) atoms. The minimum absolute atomic E-state index is 0.689. The molecule has 0 atom stereocenters. The summed E-state index contributed by atoms with van der Waals surface area (Å²) in [6.07, 6.45) is 1.38. The van der Waals surface area contributed by atoms with E-state index in [4.69, 9.17) is 4.74 Å². The van der Waals surface area contributed by atoms with Crippen LogP contribution in [0.15, 0.2) is 16.6 Å². The van der Waals surface area contributed by atoms with Crippen molar-refractivity contribution in [2.24, 2.45) is 0 Å². The predicted molar refractivity (Wildman–Crippen MR) is 64.0 cm³/mol. The molecule has 0 bridgehead atoms. The summed E-state index contributed by atoms with van der Waals surface area (Å²) in [6, 6.07) is 3.78. The first-order valence-corrected chi connectivity index (χ1v) is 5.88. The second kappa shape index (κ2) is 3.77. The maximum atomic E-state index is 11.3. The average Bonchev–Trinajstić information content (AvgIpc) is 2.97. The van der Waals surface area contributed by atoms with Crippen LogP contribution < -0.4 is 4.74 Å². The quantitative estimate of drug-likeness (QED) is 0.928. The number of benzene rings is 1. The summed E-state index contributed by atoms with van der Waals surface area (Å²) >= 11 is 3.40. The van der Waals surface area contributed by atoms with Gasteiger partial charge in [-0.25, -0.2) is 0 Å². The van der Waals surface area contributed by atoms with Crippen molar-refractivity contribution in [1.29, 1.82) is 0 Å². The predicted octanol–water partition coefficient (Wildman–Crippen LogP) is 2.88. The molecule has 0 amide bonds. The van der Waals surface area contributed by atoms with Gasteiger partial charge in [-0.15, -0.1) is 0 Å². The van der Waals surface area contributed by atoms with Gasteiger partial charge in [-0.3, -0.25) is 4.79 Å². The molecule has 1 aliphatic carbocycles. The van der Waals surface area contributed by atoms with Gasteiger partial charge in [0, 0.05) is 10.0 Å². The molecule has 0 unspecified atom stereocenters. The molecule has 1 aromatic rings. The Bertz CT molecular complexity index is 450. The van der Waals surface area contributed by atoms with Crippen LogP contribution in [0, 0.1) is 6.92 Å². The van der Waals surface area contributed by atoms with Crippen molar-refractivity contribution < 1.29 is 14.6 Å². The van der Waals surface area contributed by atoms with Crippen LogP contribution in [0.1, 0.15) is 24.0 Å². The third-order valence-electron chi connectivity index (χ3n) is 3.12. The molecular formula is C12H13BrO3. The van der Waals surface area contributed by atoms with Crippen molar-refractivity contribution in [3.63, 3.8) is 0 Å². The van der Waals surface area contributed by atoms with E-state index < -0.39 is 11.4 Å². The first-order valence-electron chi connectivity index (χ1n) is 5.09. The van der Waals surface area contributed by atoms with Crippen molar-refractivity contribution in [3.8, 4) is 5.75 Å². The number of rotatable bonds is 3.